The monoisotopic (exact) mass is 334 g/mol. The first kappa shape index (κ1) is 16.6. The number of nitrogens with one attached hydrogen (secondary N) is 1. The van der Waals surface area contributed by atoms with E-state index in [0.29, 0.717) is 26.1 Å². The first-order valence-corrected chi connectivity index (χ1v) is 8.07. The Morgan fingerprint density at radius 3 is 2.83 bits per heavy atom. The average Bonchev–Trinajstić information content (AvgIpc) is 3.14. The minimum absolute atomic E-state index is 0.227. The Morgan fingerprint density at radius 1 is 1.38 bits per heavy atom. The summed E-state index contributed by atoms with van der Waals surface area (Å²) < 4.78 is 10.7. The van der Waals surface area contributed by atoms with Gasteiger partial charge in [0.15, 0.2) is 0 Å². The fourth-order valence-electron chi connectivity index (χ4n) is 2.64. The number of amides is 2. The Morgan fingerprint density at radius 2 is 2.17 bits per heavy atom. The molecule has 0 radical (unpaired) electrons. The fourth-order valence-corrected chi connectivity index (χ4v) is 2.64. The molecule has 1 fully saturated rings. The number of rotatable bonds is 2. The Kier molecular flexibility index (Phi) is 4.40. The number of nitrogens with zero attached hydrogens (tertiary/aromatic N) is 3. The lowest BCUT2D eigenvalue weighted by Gasteiger charge is -2.23. The highest BCUT2D eigenvalue weighted by Gasteiger charge is 2.30. The molecule has 1 N–H and O–H groups in total. The van der Waals surface area contributed by atoms with Crippen LogP contribution in [0.1, 0.15) is 44.9 Å². The van der Waals surface area contributed by atoms with Crippen molar-refractivity contribution in [3.05, 3.63) is 17.5 Å². The first-order valence-electron chi connectivity index (χ1n) is 8.07. The topological polar surface area (TPSA) is 93.7 Å². The predicted octanol–water partition coefficient (Wildman–Crippen LogP) is 1.84. The molecule has 2 amide bonds. The second kappa shape index (κ2) is 6.35. The van der Waals surface area contributed by atoms with Gasteiger partial charge in [-0.05, 0) is 33.6 Å². The average molecular weight is 334 g/mol. The van der Waals surface area contributed by atoms with Crippen molar-refractivity contribution in [3.63, 3.8) is 0 Å². The van der Waals surface area contributed by atoms with Crippen molar-refractivity contribution in [2.24, 2.45) is 0 Å². The van der Waals surface area contributed by atoms with Crippen LogP contribution in [0.4, 0.5) is 10.7 Å². The standard InChI is InChI=1S/C16H22N4O4/c1-16(2,3)24-15(22)20-8-10-7-17-14(18-11(10)9-20)19-13(21)12-5-4-6-23-12/h7,12H,4-6,8-9H2,1-3H3,(H,17,18,19,21)/t12-/m1/s1. The van der Waals surface area contributed by atoms with Crippen molar-refractivity contribution >= 4 is 17.9 Å². The smallest absolute Gasteiger partial charge is 0.410 e. The molecule has 0 spiro atoms. The largest absolute Gasteiger partial charge is 0.444 e. The number of hydrogen-bond acceptors (Lipinski definition) is 6. The van der Waals surface area contributed by atoms with Crippen molar-refractivity contribution in [2.45, 2.75) is 58.4 Å². The second-order valence-corrected chi connectivity index (χ2v) is 6.99. The number of fused-ring (bicyclic) bond motifs is 1. The van der Waals surface area contributed by atoms with Gasteiger partial charge < -0.3 is 9.47 Å². The molecule has 0 bridgehead atoms. The summed E-state index contributed by atoms with van der Waals surface area (Å²) in [7, 11) is 0. The van der Waals surface area contributed by atoms with E-state index in [1.807, 2.05) is 20.8 Å². The number of ether oxygens (including phenoxy) is 2. The van der Waals surface area contributed by atoms with Crippen LogP contribution in [-0.2, 0) is 27.4 Å². The molecular weight excluding hydrogens is 312 g/mol. The van der Waals surface area contributed by atoms with Crippen LogP contribution < -0.4 is 5.32 Å². The molecule has 3 heterocycles. The zero-order valence-corrected chi connectivity index (χ0v) is 14.2. The molecule has 1 aromatic heterocycles. The highest BCUT2D eigenvalue weighted by Crippen LogP contribution is 2.23. The van der Waals surface area contributed by atoms with E-state index >= 15 is 0 Å². The van der Waals surface area contributed by atoms with Crippen LogP contribution in [0.5, 0.6) is 0 Å². The van der Waals surface area contributed by atoms with Gasteiger partial charge in [-0.3, -0.25) is 15.0 Å². The van der Waals surface area contributed by atoms with Gasteiger partial charge in [-0.1, -0.05) is 0 Å². The predicted molar refractivity (Wildman–Crippen MR) is 85.1 cm³/mol. The summed E-state index contributed by atoms with van der Waals surface area (Å²) in [5, 5.41) is 2.68. The van der Waals surface area contributed by atoms with Gasteiger partial charge in [-0.15, -0.1) is 0 Å². The third kappa shape index (κ3) is 3.81. The molecule has 0 aliphatic carbocycles. The fraction of sp³-hybridized carbons (Fsp3) is 0.625. The van der Waals surface area contributed by atoms with Crippen molar-refractivity contribution in [1.82, 2.24) is 14.9 Å². The van der Waals surface area contributed by atoms with Gasteiger partial charge in [0.2, 0.25) is 5.95 Å². The van der Waals surface area contributed by atoms with Crippen LogP contribution in [-0.4, -0.2) is 45.2 Å². The van der Waals surface area contributed by atoms with E-state index < -0.39 is 11.7 Å². The van der Waals surface area contributed by atoms with Crippen LogP contribution in [0.25, 0.3) is 0 Å². The summed E-state index contributed by atoms with van der Waals surface area (Å²) in [4.78, 5) is 34.2. The molecule has 1 atom stereocenters. The van der Waals surface area contributed by atoms with E-state index in [1.54, 1.807) is 11.1 Å². The molecule has 130 valence electrons. The minimum Gasteiger partial charge on any atom is -0.444 e. The van der Waals surface area contributed by atoms with E-state index in [4.69, 9.17) is 9.47 Å². The van der Waals surface area contributed by atoms with Gasteiger partial charge in [0.25, 0.3) is 5.91 Å². The van der Waals surface area contributed by atoms with Gasteiger partial charge in [0.1, 0.15) is 11.7 Å². The summed E-state index contributed by atoms with van der Waals surface area (Å²) in [6, 6.07) is 0. The molecule has 0 unspecified atom stereocenters. The normalized spacial score (nSPS) is 20.0. The maximum atomic E-state index is 12.1. The van der Waals surface area contributed by atoms with E-state index in [1.165, 1.54) is 0 Å². The third-order valence-electron chi connectivity index (χ3n) is 3.76. The molecule has 8 nitrogen and oxygen atoms in total. The van der Waals surface area contributed by atoms with E-state index in [2.05, 4.69) is 15.3 Å². The van der Waals surface area contributed by atoms with Crippen LogP contribution in [0.15, 0.2) is 6.20 Å². The van der Waals surface area contributed by atoms with Gasteiger partial charge in [0.05, 0.1) is 18.8 Å². The van der Waals surface area contributed by atoms with Gasteiger partial charge in [-0.2, -0.15) is 0 Å². The number of hydrogen-bond donors (Lipinski definition) is 1. The Bertz CT molecular complexity index is 650. The molecule has 1 aromatic rings. The Balaban J connectivity index is 1.63. The molecular formula is C16H22N4O4. The lowest BCUT2D eigenvalue weighted by atomic mass is 10.2. The maximum Gasteiger partial charge on any atom is 0.410 e. The molecule has 2 aliphatic heterocycles. The zero-order valence-electron chi connectivity index (χ0n) is 14.2. The maximum absolute atomic E-state index is 12.1. The van der Waals surface area contributed by atoms with Crippen LogP contribution in [0, 0.1) is 0 Å². The molecule has 0 saturated carbocycles. The molecule has 1 saturated heterocycles. The van der Waals surface area contributed by atoms with Gasteiger partial charge >= 0.3 is 6.09 Å². The van der Waals surface area contributed by atoms with E-state index in [9.17, 15) is 9.59 Å². The molecule has 8 heteroatoms. The van der Waals surface area contributed by atoms with Crippen LogP contribution in [0.2, 0.25) is 0 Å². The summed E-state index contributed by atoms with van der Waals surface area (Å²) in [6.07, 6.45) is 2.42. The molecule has 2 aliphatic rings. The molecule has 0 aromatic carbocycles. The summed E-state index contributed by atoms with van der Waals surface area (Å²) >= 11 is 0. The van der Waals surface area contributed by atoms with Crippen LogP contribution >= 0.6 is 0 Å². The first-order chi connectivity index (χ1) is 11.3. The number of anilines is 1. The summed E-state index contributed by atoms with van der Waals surface area (Å²) in [5.41, 5.74) is 1.03. The van der Waals surface area contributed by atoms with Crippen molar-refractivity contribution < 1.29 is 19.1 Å². The van der Waals surface area contributed by atoms with Gasteiger partial charge in [0, 0.05) is 18.4 Å². The summed E-state index contributed by atoms with van der Waals surface area (Å²) in [6.45, 7) is 6.83. The highest BCUT2D eigenvalue weighted by atomic mass is 16.6. The number of carbonyl (C=O) groups excluding carboxylic acids is 2. The third-order valence-corrected chi connectivity index (χ3v) is 3.76. The Hall–Kier alpha value is -2.22. The van der Waals surface area contributed by atoms with Crippen molar-refractivity contribution in [1.29, 1.82) is 0 Å². The number of carbonyl (C=O) groups is 2. The summed E-state index contributed by atoms with van der Waals surface area (Å²) in [5.74, 6) is 0.00901. The zero-order chi connectivity index (χ0) is 17.3. The second-order valence-electron chi connectivity index (χ2n) is 6.99. The molecule has 24 heavy (non-hydrogen) atoms. The van der Waals surface area contributed by atoms with Crippen molar-refractivity contribution in [2.75, 3.05) is 11.9 Å². The Labute approximate surface area is 140 Å². The quantitative estimate of drug-likeness (QED) is 0.887. The minimum atomic E-state index is -0.544. The highest BCUT2D eigenvalue weighted by molar-refractivity contribution is 5.92. The van der Waals surface area contributed by atoms with E-state index in [0.717, 1.165) is 17.7 Å². The van der Waals surface area contributed by atoms with Gasteiger partial charge in [-0.25, -0.2) is 14.8 Å². The van der Waals surface area contributed by atoms with Crippen molar-refractivity contribution in [3.8, 4) is 0 Å². The van der Waals surface area contributed by atoms with E-state index in [-0.39, 0.29) is 17.9 Å². The lowest BCUT2D eigenvalue weighted by molar-refractivity contribution is -0.124. The lowest BCUT2D eigenvalue weighted by Crippen LogP contribution is -2.33. The number of aromatic nitrogens is 2. The molecule has 3 rings (SSSR count). The SMILES string of the molecule is CC(C)(C)OC(=O)N1Cc2cnc(NC(=O)[C@H]3CCCO3)nc2C1. The van der Waals surface area contributed by atoms with Crippen LogP contribution in [0.3, 0.4) is 0 Å².